The minimum absolute atomic E-state index is 0.0196. The monoisotopic (exact) mass is 467 g/mol. The van der Waals surface area contributed by atoms with Crippen LogP contribution in [0.15, 0.2) is 53.9 Å². The maximum absolute atomic E-state index is 12.3. The van der Waals surface area contributed by atoms with Gasteiger partial charge in [-0.15, -0.1) is 16.4 Å². The van der Waals surface area contributed by atoms with Gasteiger partial charge in [0.25, 0.3) is 0 Å². The van der Waals surface area contributed by atoms with Crippen LogP contribution in [0.2, 0.25) is 5.02 Å². The highest BCUT2D eigenvalue weighted by molar-refractivity contribution is 7.15. The summed E-state index contributed by atoms with van der Waals surface area (Å²) in [5.41, 5.74) is 2.91. The molecule has 2 aromatic carbocycles. The van der Waals surface area contributed by atoms with Crippen LogP contribution in [0.1, 0.15) is 30.1 Å². The van der Waals surface area contributed by atoms with Crippen LogP contribution in [0, 0.1) is 0 Å². The molecule has 2 aromatic heterocycles. The molecule has 0 saturated carbocycles. The summed E-state index contributed by atoms with van der Waals surface area (Å²) in [5, 5.41) is 12.2. The predicted octanol–water partition coefficient (Wildman–Crippen LogP) is 4.67. The van der Waals surface area contributed by atoms with Gasteiger partial charge in [-0.05, 0) is 36.4 Å². The van der Waals surface area contributed by atoms with E-state index in [1.54, 1.807) is 40.9 Å². The van der Waals surface area contributed by atoms with Gasteiger partial charge in [0.05, 0.1) is 5.69 Å². The second kappa shape index (κ2) is 9.29. The Morgan fingerprint density at radius 2 is 1.72 bits per heavy atom. The van der Waals surface area contributed by atoms with Crippen LogP contribution in [-0.4, -0.2) is 32.2 Å². The summed E-state index contributed by atoms with van der Waals surface area (Å²) in [7, 11) is 0. The number of carbonyl (C=O) groups excluding carboxylic acids is 3. The van der Waals surface area contributed by atoms with Gasteiger partial charge < -0.3 is 5.32 Å². The molecule has 0 unspecified atom stereocenters. The fraction of sp³-hybridized carbons (Fsp3) is 0.136. The SMILES string of the molecule is CC(=O)Nc1ccc(-c2csc3nc(NC(=O)CCC(=O)c4ccc(Cl)cc4)nn23)cc1. The zero-order valence-electron chi connectivity index (χ0n) is 17.0. The number of nitrogens with one attached hydrogen (secondary N) is 2. The van der Waals surface area contributed by atoms with Crippen LogP contribution in [-0.2, 0) is 9.59 Å². The molecule has 0 aliphatic carbocycles. The Morgan fingerprint density at radius 1 is 1.00 bits per heavy atom. The molecule has 0 atom stereocenters. The molecular formula is C22H18ClN5O3S. The number of nitrogens with zero attached hydrogens (tertiary/aromatic N) is 3. The molecule has 4 rings (SSSR count). The zero-order valence-corrected chi connectivity index (χ0v) is 18.5. The molecule has 162 valence electrons. The maximum atomic E-state index is 12.3. The van der Waals surface area contributed by atoms with E-state index in [1.807, 2.05) is 17.5 Å². The number of aromatic nitrogens is 3. The van der Waals surface area contributed by atoms with Crippen LogP contribution in [0.5, 0.6) is 0 Å². The van der Waals surface area contributed by atoms with Gasteiger partial charge in [-0.3, -0.25) is 19.7 Å². The number of hydrogen-bond acceptors (Lipinski definition) is 6. The summed E-state index contributed by atoms with van der Waals surface area (Å²) in [6.45, 7) is 1.45. The largest absolute Gasteiger partial charge is 0.326 e. The van der Waals surface area contributed by atoms with Gasteiger partial charge in [-0.25, -0.2) is 4.52 Å². The molecule has 2 amide bonds. The van der Waals surface area contributed by atoms with Gasteiger partial charge in [-0.2, -0.15) is 4.98 Å². The van der Waals surface area contributed by atoms with Crippen LogP contribution in [0.4, 0.5) is 11.6 Å². The zero-order chi connectivity index (χ0) is 22.7. The van der Waals surface area contributed by atoms with Crippen molar-refractivity contribution in [2.45, 2.75) is 19.8 Å². The normalized spacial score (nSPS) is 10.8. The number of halogens is 1. The summed E-state index contributed by atoms with van der Waals surface area (Å²) in [6, 6.07) is 13.9. The number of anilines is 2. The summed E-state index contributed by atoms with van der Waals surface area (Å²) in [6.07, 6.45) is 0.0906. The molecule has 0 aliphatic heterocycles. The van der Waals surface area contributed by atoms with Gasteiger partial charge in [0, 0.05) is 47.0 Å². The number of hydrogen-bond donors (Lipinski definition) is 2. The van der Waals surface area contributed by atoms with Crippen molar-refractivity contribution in [1.29, 1.82) is 0 Å². The Hall–Kier alpha value is -3.56. The first-order chi connectivity index (χ1) is 15.4. The summed E-state index contributed by atoms with van der Waals surface area (Å²) in [5.74, 6) is -0.438. The first-order valence-corrected chi connectivity index (χ1v) is 11.0. The fourth-order valence-electron chi connectivity index (χ4n) is 3.05. The number of rotatable bonds is 7. The molecule has 2 heterocycles. The first-order valence-electron chi connectivity index (χ1n) is 9.70. The van der Waals surface area contributed by atoms with Crippen molar-refractivity contribution < 1.29 is 14.4 Å². The third-order valence-corrected chi connectivity index (χ3v) is 5.65. The molecule has 0 aliphatic rings. The van der Waals surface area contributed by atoms with Crippen LogP contribution < -0.4 is 10.6 Å². The number of benzene rings is 2. The fourth-order valence-corrected chi connectivity index (χ4v) is 4.01. The topological polar surface area (TPSA) is 105 Å². The minimum atomic E-state index is -0.341. The van der Waals surface area contributed by atoms with E-state index in [2.05, 4.69) is 20.7 Å². The molecule has 2 N–H and O–H groups in total. The highest BCUT2D eigenvalue weighted by Crippen LogP contribution is 2.27. The molecule has 0 bridgehead atoms. The van der Waals surface area contributed by atoms with Crippen molar-refractivity contribution in [3.63, 3.8) is 0 Å². The van der Waals surface area contributed by atoms with E-state index in [1.165, 1.54) is 18.3 Å². The number of amides is 2. The standard InChI is InChI=1S/C22H18ClN5O3S/c1-13(29)24-17-8-4-14(5-9-17)18-12-32-22-26-21(27-28(18)22)25-20(31)11-10-19(30)15-2-6-16(23)7-3-15/h2-9,12H,10-11H2,1H3,(H,24,29)(H,25,27,31). The van der Waals surface area contributed by atoms with E-state index in [4.69, 9.17) is 11.6 Å². The smallest absolute Gasteiger partial charge is 0.250 e. The molecule has 4 aromatic rings. The van der Waals surface area contributed by atoms with Gasteiger partial charge in [-0.1, -0.05) is 23.7 Å². The van der Waals surface area contributed by atoms with Gasteiger partial charge >= 0.3 is 0 Å². The molecule has 10 heteroatoms. The summed E-state index contributed by atoms with van der Waals surface area (Å²) >= 11 is 7.22. The molecular weight excluding hydrogens is 450 g/mol. The lowest BCUT2D eigenvalue weighted by Gasteiger charge is -2.04. The lowest BCUT2D eigenvalue weighted by molar-refractivity contribution is -0.116. The number of fused-ring (bicyclic) bond motifs is 1. The molecule has 8 nitrogen and oxygen atoms in total. The van der Waals surface area contributed by atoms with E-state index in [9.17, 15) is 14.4 Å². The number of ketones is 1. The van der Waals surface area contributed by atoms with Crippen molar-refractivity contribution in [3.05, 3.63) is 64.5 Å². The van der Waals surface area contributed by atoms with Gasteiger partial charge in [0.15, 0.2) is 5.78 Å². The summed E-state index contributed by atoms with van der Waals surface area (Å²) in [4.78, 5) is 40.6. The van der Waals surface area contributed by atoms with Crippen LogP contribution in [0.25, 0.3) is 16.2 Å². The molecule has 0 saturated heterocycles. The average Bonchev–Trinajstić information content (AvgIpc) is 3.33. The van der Waals surface area contributed by atoms with E-state index in [0.717, 1.165) is 11.3 Å². The average molecular weight is 468 g/mol. The van der Waals surface area contributed by atoms with E-state index < -0.39 is 0 Å². The lowest BCUT2D eigenvalue weighted by Crippen LogP contribution is -2.14. The third-order valence-electron chi connectivity index (χ3n) is 4.58. The van der Waals surface area contributed by atoms with Crippen molar-refractivity contribution in [2.24, 2.45) is 0 Å². The highest BCUT2D eigenvalue weighted by Gasteiger charge is 2.15. The van der Waals surface area contributed by atoms with Gasteiger partial charge in [0.2, 0.25) is 22.7 Å². The van der Waals surface area contributed by atoms with Crippen molar-refractivity contribution in [1.82, 2.24) is 14.6 Å². The Kier molecular flexibility index (Phi) is 6.29. The van der Waals surface area contributed by atoms with Gasteiger partial charge in [0.1, 0.15) is 0 Å². The molecule has 0 fully saturated rings. The number of carbonyl (C=O) groups is 3. The summed E-state index contributed by atoms with van der Waals surface area (Å²) < 4.78 is 1.65. The lowest BCUT2D eigenvalue weighted by atomic mass is 10.1. The first kappa shape index (κ1) is 21.7. The predicted molar refractivity (Wildman–Crippen MR) is 124 cm³/mol. The highest BCUT2D eigenvalue weighted by atomic mass is 35.5. The maximum Gasteiger partial charge on any atom is 0.250 e. The minimum Gasteiger partial charge on any atom is -0.326 e. The quantitative estimate of drug-likeness (QED) is 0.384. The Balaban J connectivity index is 1.40. The second-order valence-electron chi connectivity index (χ2n) is 6.99. The number of Topliss-reactive ketones (excluding diaryl/α,β-unsaturated/α-hetero) is 1. The van der Waals surface area contributed by atoms with Crippen molar-refractivity contribution in [3.8, 4) is 11.3 Å². The number of thiazole rings is 1. The molecule has 32 heavy (non-hydrogen) atoms. The Labute approximate surface area is 192 Å². The Morgan fingerprint density at radius 3 is 2.41 bits per heavy atom. The van der Waals surface area contributed by atoms with Crippen molar-refractivity contribution in [2.75, 3.05) is 10.6 Å². The molecule has 0 radical (unpaired) electrons. The van der Waals surface area contributed by atoms with Crippen LogP contribution >= 0.6 is 22.9 Å². The van der Waals surface area contributed by atoms with E-state index in [0.29, 0.717) is 21.2 Å². The third kappa shape index (κ3) is 5.01. The van der Waals surface area contributed by atoms with E-state index >= 15 is 0 Å². The molecule has 0 spiro atoms. The van der Waals surface area contributed by atoms with Crippen LogP contribution in [0.3, 0.4) is 0 Å². The Bertz CT molecular complexity index is 1300. The second-order valence-corrected chi connectivity index (χ2v) is 8.26. The van der Waals surface area contributed by atoms with Crippen molar-refractivity contribution >= 4 is 57.1 Å². The van der Waals surface area contributed by atoms with E-state index in [-0.39, 0.29) is 36.4 Å².